The average Bonchev–Trinajstić information content (AvgIpc) is 2.27. The Morgan fingerprint density at radius 3 is 2.61 bits per heavy atom. The quantitative estimate of drug-likeness (QED) is 0.723. The molecule has 1 aromatic carbocycles. The van der Waals surface area contributed by atoms with E-state index in [0.29, 0.717) is 6.07 Å². The maximum absolute atomic E-state index is 12.9. The van der Waals surface area contributed by atoms with Crippen LogP contribution in [0.4, 0.5) is 17.6 Å². The van der Waals surface area contributed by atoms with Crippen LogP contribution in [-0.2, 0) is 15.7 Å². The zero-order valence-corrected chi connectivity index (χ0v) is 9.00. The largest absolute Gasteiger partial charge is 0.493 e. The third-order valence-electron chi connectivity index (χ3n) is 2.55. The smallest absolute Gasteiger partial charge is 0.416 e. The van der Waals surface area contributed by atoms with Crippen LogP contribution < -0.4 is 0 Å². The fraction of sp³-hybridized carbons (Fsp3) is 0.250. The minimum absolute atomic E-state index is 0.189. The van der Waals surface area contributed by atoms with Crippen molar-refractivity contribution in [3.05, 3.63) is 47.5 Å². The number of carbonyl (C=O) groups is 1. The average molecular weight is 260 g/mol. The number of allylic oxidation sites excluding steroid dienone is 1. The number of ether oxygens (including phenoxy) is 1. The standard InChI is InChI=1S/C12H8F4O2/c13-7-1-2-9(10(5-7)12(14,15)16)11-6-8(17)3-4-18-11/h1-5,11H,6H2. The summed E-state index contributed by atoms with van der Waals surface area (Å²) in [4.78, 5) is 11.2. The van der Waals surface area contributed by atoms with Crippen molar-refractivity contribution in [2.75, 3.05) is 0 Å². The van der Waals surface area contributed by atoms with E-state index < -0.39 is 23.7 Å². The van der Waals surface area contributed by atoms with E-state index in [1.807, 2.05) is 0 Å². The van der Waals surface area contributed by atoms with Crippen molar-refractivity contribution in [2.24, 2.45) is 0 Å². The van der Waals surface area contributed by atoms with Gasteiger partial charge in [-0.2, -0.15) is 13.2 Å². The first-order valence-corrected chi connectivity index (χ1v) is 5.09. The highest BCUT2D eigenvalue weighted by Crippen LogP contribution is 2.38. The van der Waals surface area contributed by atoms with Crippen LogP contribution in [-0.4, -0.2) is 5.78 Å². The highest BCUT2D eigenvalue weighted by Gasteiger charge is 2.36. The van der Waals surface area contributed by atoms with Gasteiger partial charge in [0.15, 0.2) is 5.78 Å². The maximum atomic E-state index is 12.9. The number of carbonyl (C=O) groups excluding carboxylic acids is 1. The Balaban J connectivity index is 2.44. The van der Waals surface area contributed by atoms with Crippen molar-refractivity contribution in [3.8, 4) is 0 Å². The lowest BCUT2D eigenvalue weighted by Crippen LogP contribution is -2.17. The molecule has 2 rings (SSSR count). The summed E-state index contributed by atoms with van der Waals surface area (Å²) in [7, 11) is 0. The molecule has 6 heteroatoms. The molecule has 1 atom stereocenters. The topological polar surface area (TPSA) is 26.3 Å². The van der Waals surface area contributed by atoms with Gasteiger partial charge in [-0.1, -0.05) is 6.07 Å². The van der Waals surface area contributed by atoms with Crippen LogP contribution in [0.3, 0.4) is 0 Å². The summed E-state index contributed by atoms with van der Waals surface area (Å²) in [6.07, 6.45) is -3.71. The van der Waals surface area contributed by atoms with Gasteiger partial charge in [0.05, 0.1) is 18.2 Å². The minimum Gasteiger partial charge on any atom is -0.493 e. The first-order chi connectivity index (χ1) is 8.38. The molecule has 18 heavy (non-hydrogen) atoms. The molecular formula is C12H8F4O2. The maximum Gasteiger partial charge on any atom is 0.416 e. The van der Waals surface area contributed by atoms with E-state index in [-0.39, 0.29) is 17.8 Å². The SMILES string of the molecule is O=C1C=COC(c2ccc(F)cc2C(F)(F)F)C1. The van der Waals surface area contributed by atoms with Crippen molar-refractivity contribution in [2.45, 2.75) is 18.7 Å². The predicted octanol–water partition coefficient (Wildman–Crippen LogP) is 3.39. The molecule has 0 saturated carbocycles. The zero-order valence-electron chi connectivity index (χ0n) is 9.00. The number of benzene rings is 1. The minimum atomic E-state index is -4.69. The summed E-state index contributed by atoms with van der Waals surface area (Å²) in [6.45, 7) is 0. The molecule has 0 aromatic heterocycles. The lowest BCUT2D eigenvalue weighted by atomic mass is 9.97. The monoisotopic (exact) mass is 260 g/mol. The highest BCUT2D eigenvalue weighted by atomic mass is 19.4. The Hall–Kier alpha value is -1.85. The van der Waals surface area contributed by atoms with Crippen LogP contribution in [0.15, 0.2) is 30.5 Å². The van der Waals surface area contributed by atoms with Gasteiger partial charge in [-0.05, 0) is 12.1 Å². The number of hydrogen-bond acceptors (Lipinski definition) is 2. The van der Waals surface area contributed by atoms with Gasteiger partial charge in [0.1, 0.15) is 11.9 Å². The van der Waals surface area contributed by atoms with Crippen LogP contribution in [0.2, 0.25) is 0 Å². The normalized spacial score (nSPS) is 19.8. The molecule has 0 bridgehead atoms. The first kappa shape index (κ1) is 12.6. The van der Waals surface area contributed by atoms with E-state index in [0.717, 1.165) is 24.5 Å². The molecule has 0 saturated heterocycles. The molecule has 0 aliphatic carbocycles. The lowest BCUT2D eigenvalue weighted by Gasteiger charge is -2.22. The summed E-state index contributed by atoms with van der Waals surface area (Å²) in [6, 6.07) is 2.31. The molecule has 0 fully saturated rings. The van der Waals surface area contributed by atoms with Crippen molar-refractivity contribution in [1.82, 2.24) is 0 Å². The predicted molar refractivity (Wildman–Crippen MR) is 54.0 cm³/mol. The molecule has 1 unspecified atom stereocenters. The Labute approximate surface area is 99.9 Å². The molecule has 2 nitrogen and oxygen atoms in total. The highest BCUT2D eigenvalue weighted by molar-refractivity contribution is 5.90. The van der Waals surface area contributed by atoms with E-state index in [4.69, 9.17) is 4.74 Å². The van der Waals surface area contributed by atoms with Gasteiger partial charge in [-0.3, -0.25) is 4.79 Å². The van der Waals surface area contributed by atoms with Gasteiger partial charge < -0.3 is 4.74 Å². The van der Waals surface area contributed by atoms with Crippen molar-refractivity contribution in [1.29, 1.82) is 0 Å². The molecule has 0 radical (unpaired) electrons. The number of halogens is 4. The van der Waals surface area contributed by atoms with Gasteiger partial charge in [0.2, 0.25) is 0 Å². The number of alkyl halides is 3. The third-order valence-corrected chi connectivity index (χ3v) is 2.55. The number of rotatable bonds is 1. The van der Waals surface area contributed by atoms with Crippen LogP contribution >= 0.6 is 0 Å². The van der Waals surface area contributed by atoms with Crippen LogP contribution in [0.25, 0.3) is 0 Å². The summed E-state index contributed by atoms with van der Waals surface area (Å²) in [5.74, 6) is -1.31. The third kappa shape index (κ3) is 2.52. The van der Waals surface area contributed by atoms with E-state index in [1.165, 1.54) is 0 Å². The fourth-order valence-electron chi connectivity index (χ4n) is 1.75. The van der Waals surface area contributed by atoms with Crippen molar-refractivity contribution < 1.29 is 27.1 Å². The Bertz CT molecular complexity index is 505. The second-order valence-corrected chi connectivity index (χ2v) is 3.83. The van der Waals surface area contributed by atoms with E-state index in [2.05, 4.69) is 0 Å². The molecule has 1 heterocycles. The van der Waals surface area contributed by atoms with Crippen molar-refractivity contribution in [3.63, 3.8) is 0 Å². The molecule has 1 aliphatic heterocycles. The van der Waals surface area contributed by atoms with Gasteiger partial charge in [-0.25, -0.2) is 4.39 Å². The Morgan fingerprint density at radius 1 is 1.28 bits per heavy atom. The van der Waals surface area contributed by atoms with Gasteiger partial charge in [-0.15, -0.1) is 0 Å². The second-order valence-electron chi connectivity index (χ2n) is 3.83. The first-order valence-electron chi connectivity index (χ1n) is 5.09. The molecule has 0 spiro atoms. The second kappa shape index (κ2) is 4.44. The fourth-order valence-corrected chi connectivity index (χ4v) is 1.75. The van der Waals surface area contributed by atoms with Gasteiger partial charge in [0.25, 0.3) is 0 Å². The van der Waals surface area contributed by atoms with Gasteiger partial charge in [0, 0.05) is 11.6 Å². The number of hydrogen-bond donors (Lipinski definition) is 0. The summed E-state index contributed by atoms with van der Waals surface area (Å²) in [5.41, 5.74) is -1.35. The summed E-state index contributed by atoms with van der Waals surface area (Å²) >= 11 is 0. The molecule has 0 N–H and O–H groups in total. The molecule has 96 valence electrons. The molecule has 1 aromatic rings. The zero-order chi connectivity index (χ0) is 13.3. The lowest BCUT2D eigenvalue weighted by molar-refractivity contribution is -0.140. The Morgan fingerprint density at radius 2 is 2.00 bits per heavy atom. The molecule has 0 amide bonds. The number of ketones is 1. The summed E-state index contributed by atoms with van der Waals surface area (Å²) < 4.78 is 56.2. The van der Waals surface area contributed by atoms with Crippen LogP contribution in [0, 0.1) is 5.82 Å². The van der Waals surface area contributed by atoms with E-state index in [1.54, 1.807) is 0 Å². The summed E-state index contributed by atoms with van der Waals surface area (Å²) in [5, 5.41) is 0. The van der Waals surface area contributed by atoms with Crippen LogP contribution in [0.5, 0.6) is 0 Å². The van der Waals surface area contributed by atoms with E-state index >= 15 is 0 Å². The van der Waals surface area contributed by atoms with E-state index in [9.17, 15) is 22.4 Å². The Kier molecular flexibility index (Phi) is 3.11. The van der Waals surface area contributed by atoms with Gasteiger partial charge >= 0.3 is 6.18 Å². The van der Waals surface area contributed by atoms with Crippen LogP contribution in [0.1, 0.15) is 23.7 Å². The molecular weight excluding hydrogens is 252 g/mol. The van der Waals surface area contributed by atoms with Crippen molar-refractivity contribution >= 4 is 5.78 Å². The molecule has 1 aliphatic rings.